The third-order valence-electron chi connectivity index (χ3n) is 8.68. The van der Waals surface area contributed by atoms with Crippen LogP contribution in [-0.4, -0.2) is 23.3 Å². The summed E-state index contributed by atoms with van der Waals surface area (Å²) in [4.78, 5) is 12.4. The first-order valence-electron chi connectivity index (χ1n) is 11.6. The molecule has 0 spiro atoms. The van der Waals surface area contributed by atoms with Gasteiger partial charge in [0.15, 0.2) is 0 Å². The Balaban J connectivity index is 1.21. The van der Waals surface area contributed by atoms with Crippen molar-refractivity contribution in [2.75, 3.05) is 0 Å². The highest BCUT2D eigenvalue weighted by Gasteiger charge is 2.49. The Kier molecular flexibility index (Phi) is 5.21. The summed E-state index contributed by atoms with van der Waals surface area (Å²) in [5.41, 5.74) is 0.672. The largest absolute Gasteiger partial charge is 0.459 e. The fourth-order valence-corrected chi connectivity index (χ4v) is 7.50. The van der Waals surface area contributed by atoms with Gasteiger partial charge in [-0.2, -0.15) is 0 Å². The molecule has 0 amide bonds. The van der Waals surface area contributed by atoms with E-state index in [-0.39, 0.29) is 18.2 Å². The van der Waals surface area contributed by atoms with Crippen molar-refractivity contribution >= 4 is 5.97 Å². The van der Waals surface area contributed by atoms with Crippen molar-refractivity contribution in [1.29, 1.82) is 0 Å². The maximum Gasteiger partial charge on any atom is 0.338 e. The first kappa shape index (κ1) is 18.7. The monoisotopic (exact) mass is 382 g/mol. The molecule has 0 bridgehead atoms. The van der Waals surface area contributed by atoms with Crippen LogP contribution in [0.4, 0.5) is 0 Å². The number of carbonyl (C=O) groups is 1. The summed E-state index contributed by atoms with van der Waals surface area (Å²) in [7, 11) is 0. The summed E-state index contributed by atoms with van der Waals surface area (Å²) in [5, 5.41) is 10.1. The Labute approximate surface area is 168 Å². The predicted octanol–water partition coefficient (Wildman–Crippen LogP) is 5.23. The number of aliphatic hydroxyl groups excluding tert-OH is 1. The lowest BCUT2D eigenvalue weighted by Crippen LogP contribution is -2.48. The van der Waals surface area contributed by atoms with E-state index in [2.05, 4.69) is 0 Å². The molecule has 0 unspecified atom stereocenters. The first-order valence-corrected chi connectivity index (χ1v) is 11.6. The molecule has 5 rings (SSSR count). The van der Waals surface area contributed by atoms with Gasteiger partial charge in [-0.05, 0) is 112 Å². The number of ether oxygens (including phenoxy) is 1. The minimum atomic E-state index is -0.154. The first-order chi connectivity index (χ1) is 13.7. The Hall–Kier alpha value is -1.35. The molecule has 4 saturated carbocycles. The minimum Gasteiger partial charge on any atom is -0.459 e. The molecule has 152 valence electrons. The summed E-state index contributed by atoms with van der Waals surface area (Å²) in [6, 6.07) is 9.42. The van der Waals surface area contributed by atoms with E-state index >= 15 is 0 Å². The molecule has 0 aliphatic heterocycles. The molecular formula is C25H34O3. The van der Waals surface area contributed by atoms with E-state index in [1.165, 1.54) is 38.5 Å². The SMILES string of the molecule is O=C(O[C@H]1CC[C@@H]2[C@@H](CC[C@H]3[C@H]2CC[C@H]2C[C@H](O)CC[C@@H]23)C1)c1ccccc1. The Morgan fingerprint density at radius 2 is 1.36 bits per heavy atom. The molecule has 1 N–H and O–H groups in total. The van der Waals surface area contributed by atoms with Crippen molar-refractivity contribution in [3.05, 3.63) is 35.9 Å². The molecule has 0 heterocycles. The fraction of sp³-hybridized carbons (Fsp3) is 0.720. The van der Waals surface area contributed by atoms with Crippen LogP contribution < -0.4 is 0 Å². The van der Waals surface area contributed by atoms with Crippen LogP contribution in [0.15, 0.2) is 30.3 Å². The van der Waals surface area contributed by atoms with Crippen LogP contribution in [0.5, 0.6) is 0 Å². The van der Waals surface area contributed by atoms with E-state index < -0.39 is 0 Å². The van der Waals surface area contributed by atoms with E-state index in [0.717, 1.165) is 61.2 Å². The number of aliphatic hydroxyl groups is 1. The van der Waals surface area contributed by atoms with Gasteiger partial charge in [0, 0.05) is 0 Å². The van der Waals surface area contributed by atoms with Crippen molar-refractivity contribution < 1.29 is 14.6 Å². The molecule has 28 heavy (non-hydrogen) atoms. The molecule has 1 aromatic rings. The minimum absolute atomic E-state index is 0.0381. The summed E-state index contributed by atoms with van der Waals surface area (Å²) >= 11 is 0. The molecule has 4 aliphatic rings. The van der Waals surface area contributed by atoms with Crippen LogP contribution in [0, 0.1) is 35.5 Å². The fourth-order valence-electron chi connectivity index (χ4n) is 7.50. The van der Waals surface area contributed by atoms with Gasteiger partial charge in [-0.15, -0.1) is 0 Å². The average molecular weight is 383 g/mol. The van der Waals surface area contributed by atoms with E-state index in [1.807, 2.05) is 30.3 Å². The van der Waals surface area contributed by atoms with Gasteiger partial charge in [0.1, 0.15) is 6.10 Å². The van der Waals surface area contributed by atoms with Gasteiger partial charge in [0.25, 0.3) is 0 Å². The normalized spacial score (nSPS) is 42.6. The van der Waals surface area contributed by atoms with E-state index in [4.69, 9.17) is 4.74 Å². The lowest BCUT2D eigenvalue weighted by atomic mass is 9.51. The average Bonchev–Trinajstić information content (AvgIpc) is 2.73. The zero-order valence-electron chi connectivity index (χ0n) is 16.8. The summed E-state index contributed by atoms with van der Waals surface area (Å²) in [6.07, 6.45) is 12.1. The molecular weight excluding hydrogens is 348 g/mol. The third kappa shape index (κ3) is 3.51. The second kappa shape index (κ2) is 7.82. The van der Waals surface area contributed by atoms with Crippen LogP contribution in [-0.2, 0) is 4.74 Å². The molecule has 1 aromatic carbocycles. The van der Waals surface area contributed by atoms with E-state index in [9.17, 15) is 9.90 Å². The molecule has 3 heteroatoms. The summed E-state index contributed by atoms with van der Waals surface area (Å²) in [5.74, 6) is 4.88. The second-order valence-electron chi connectivity index (χ2n) is 10.0. The van der Waals surface area contributed by atoms with Crippen LogP contribution in [0.1, 0.15) is 74.6 Å². The maximum absolute atomic E-state index is 12.4. The highest BCUT2D eigenvalue weighted by atomic mass is 16.5. The number of esters is 1. The zero-order valence-corrected chi connectivity index (χ0v) is 16.8. The van der Waals surface area contributed by atoms with Gasteiger partial charge in [0.2, 0.25) is 0 Å². The third-order valence-corrected chi connectivity index (χ3v) is 8.68. The van der Waals surface area contributed by atoms with E-state index in [0.29, 0.717) is 5.56 Å². The van der Waals surface area contributed by atoms with Gasteiger partial charge in [-0.1, -0.05) is 18.2 Å². The predicted molar refractivity (Wildman–Crippen MR) is 109 cm³/mol. The van der Waals surface area contributed by atoms with Crippen molar-refractivity contribution in [2.24, 2.45) is 35.5 Å². The Morgan fingerprint density at radius 1 is 0.750 bits per heavy atom. The lowest BCUT2D eigenvalue weighted by molar-refractivity contribution is -0.0781. The van der Waals surface area contributed by atoms with Gasteiger partial charge >= 0.3 is 5.97 Å². The van der Waals surface area contributed by atoms with E-state index in [1.54, 1.807) is 0 Å². The van der Waals surface area contributed by atoms with Gasteiger partial charge in [0.05, 0.1) is 11.7 Å². The maximum atomic E-state index is 12.4. The number of benzene rings is 1. The lowest BCUT2D eigenvalue weighted by Gasteiger charge is -2.55. The van der Waals surface area contributed by atoms with Crippen molar-refractivity contribution in [3.63, 3.8) is 0 Å². The van der Waals surface area contributed by atoms with Crippen molar-refractivity contribution in [1.82, 2.24) is 0 Å². The molecule has 0 aromatic heterocycles. The molecule has 4 aliphatic carbocycles. The highest BCUT2D eigenvalue weighted by Crippen LogP contribution is 2.57. The van der Waals surface area contributed by atoms with Crippen LogP contribution >= 0.6 is 0 Å². The number of carbonyl (C=O) groups excluding carboxylic acids is 1. The standard InChI is InChI=1S/C25H34O3/c26-19-8-12-21-17(14-19)6-10-24-22-13-9-20(15-18(22)7-11-23(21)24)28-25(27)16-4-2-1-3-5-16/h1-5,17-24,26H,6-15H2/t17-,18-,19+,20-,21-,22+,23+,24-/m0/s1. The molecule has 8 atom stereocenters. The van der Waals surface area contributed by atoms with Crippen LogP contribution in [0.2, 0.25) is 0 Å². The van der Waals surface area contributed by atoms with Crippen molar-refractivity contribution in [3.8, 4) is 0 Å². The Morgan fingerprint density at radius 3 is 2.07 bits per heavy atom. The van der Waals surface area contributed by atoms with Crippen molar-refractivity contribution in [2.45, 2.75) is 76.4 Å². The van der Waals surface area contributed by atoms with Crippen LogP contribution in [0.25, 0.3) is 0 Å². The second-order valence-corrected chi connectivity index (χ2v) is 10.0. The number of fused-ring (bicyclic) bond motifs is 5. The zero-order chi connectivity index (χ0) is 19.1. The highest BCUT2D eigenvalue weighted by molar-refractivity contribution is 5.89. The van der Waals surface area contributed by atoms with Gasteiger partial charge in [-0.25, -0.2) is 4.79 Å². The summed E-state index contributed by atoms with van der Waals surface area (Å²) in [6.45, 7) is 0. The topological polar surface area (TPSA) is 46.5 Å². The number of hydrogen-bond donors (Lipinski definition) is 1. The van der Waals surface area contributed by atoms with Gasteiger partial charge < -0.3 is 9.84 Å². The molecule has 4 fully saturated rings. The smallest absolute Gasteiger partial charge is 0.338 e. The molecule has 3 nitrogen and oxygen atoms in total. The van der Waals surface area contributed by atoms with Gasteiger partial charge in [-0.3, -0.25) is 0 Å². The summed E-state index contributed by atoms with van der Waals surface area (Å²) < 4.78 is 5.89. The quantitative estimate of drug-likeness (QED) is 0.713. The number of rotatable bonds is 2. The molecule has 0 radical (unpaired) electrons. The molecule has 0 saturated heterocycles. The Bertz CT molecular complexity index is 686. The number of hydrogen-bond acceptors (Lipinski definition) is 3. The van der Waals surface area contributed by atoms with Crippen LogP contribution in [0.3, 0.4) is 0 Å².